The predicted octanol–water partition coefficient (Wildman–Crippen LogP) is 2.92. The molecule has 0 aliphatic carbocycles. The number of aromatic nitrogens is 1. The Morgan fingerprint density at radius 1 is 1.47 bits per heavy atom. The fourth-order valence-electron chi connectivity index (χ4n) is 1.37. The van der Waals surface area contributed by atoms with Crippen LogP contribution >= 0.6 is 0 Å². The number of ether oxygens (including phenoxy) is 1. The Hall–Kier alpha value is -1.93. The van der Waals surface area contributed by atoms with Crippen molar-refractivity contribution in [1.82, 2.24) is 4.98 Å². The molecule has 9 heteroatoms. The van der Waals surface area contributed by atoms with E-state index in [4.69, 9.17) is 0 Å². The first kappa shape index (κ1) is 15.1. The number of halogens is 5. The number of pyridine rings is 1. The Kier molecular flexibility index (Phi) is 4.28. The van der Waals surface area contributed by atoms with E-state index in [2.05, 4.69) is 9.72 Å². The van der Waals surface area contributed by atoms with Crippen LogP contribution in [0.25, 0.3) is 0 Å². The monoisotopic (exact) mass is 285 g/mol. The van der Waals surface area contributed by atoms with Gasteiger partial charge in [-0.05, 0) is 6.92 Å². The number of alkyl halides is 5. The van der Waals surface area contributed by atoms with Crippen LogP contribution in [0.5, 0.6) is 5.75 Å². The zero-order valence-corrected chi connectivity index (χ0v) is 9.46. The molecular formula is C10H8F5NO3. The first-order chi connectivity index (χ1) is 8.70. The first-order valence-electron chi connectivity index (χ1n) is 4.94. The summed E-state index contributed by atoms with van der Waals surface area (Å²) in [6.45, 7) is 1.09. The second kappa shape index (κ2) is 5.37. The van der Waals surface area contributed by atoms with E-state index in [9.17, 15) is 31.9 Å². The van der Waals surface area contributed by atoms with Crippen LogP contribution in [0.2, 0.25) is 0 Å². The molecule has 0 saturated carbocycles. The van der Waals surface area contributed by atoms with E-state index in [0.29, 0.717) is 0 Å². The number of hydrogen-bond acceptors (Lipinski definition) is 4. The lowest BCUT2D eigenvalue weighted by Crippen LogP contribution is -2.18. The maximum absolute atomic E-state index is 12.7. The molecule has 0 aliphatic rings. The van der Waals surface area contributed by atoms with Crippen LogP contribution in [0.3, 0.4) is 0 Å². The molecule has 1 heterocycles. The summed E-state index contributed by atoms with van der Waals surface area (Å²) in [5.41, 5.74) is -4.84. The van der Waals surface area contributed by atoms with Gasteiger partial charge in [0.2, 0.25) is 0 Å². The largest absolute Gasteiger partial charge is 0.505 e. The van der Waals surface area contributed by atoms with Gasteiger partial charge in [0.25, 0.3) is 6.43 Å². The lowest BCUT2D eigenvalue weighted by Gasteiger charge is -2.15. The predicted molar refractivity (Wildman–Crippen MR) is 51.8 cm³/mol. The van der Waals surface area contributed by atoms with Crippen molar-refractivity contribution in [2.45, 2.75) is 19.5 Å². The van der Waals surface area contributed by atoms with Crippen molar-refractivity contribution in [3.63, 3.8) is 0 Å². The SMILES string of the molecule is CCOC(=O)c1c(O)cnc(C(F)(F)F)c1C(F)F. The normalized spacial score (nSPS) is 11.7. The van der Waals surface area contributed by atoms with Crippen molar-refractivity contribution in [3.05, 3.63) is 23.0 Å². The second-order valence-electron chi connectivity index (χ2n) is 3.30. The van der Waals surface area contributed by atoms with Crippen molar-refractivity contribution in [2.75, 3.05) is 6.61 Å². The van der Waals surface area contributed by atoms with Crippen molar-refractivity contribution < 1.29 is 36.6 Å². The van der Waals surface area contributed by atoms with Crippen LogP contribution in [0.15, 0.2) is 6.20 Å². The van der Waals surface area contributed by atoms with Crippen LogP contribution < -0.4 is 0 Å². The topological polar surface area (TPSA) is 59.4 Å². The number of rotatable bonds is 3. The van der Waals surface area contributed by atoms with E-state index in [-0.39, 0.29) is 12.8 Å². The smallest absolute Gasteiger partial charge is 0.433 e. The van der Waals surface area contributed by atoms with E-state index in [1.54, 1.807) is 0 Å². The van der Waals surface area contributed by atoms with Gasteiger partial charge in [0.05, 0.1) is 18.4 Å². The molecule has 106 valence electrons. The zero-order valence-electron chi connectivity index (χ0n) is 9.46. The van der Waals surface area contributed by atoms with Crippen LogP contribution in [0.1, 0.15) is 35.0 Å². The van der Waals surface area contributed by atoms with Gasteiger partial charge in [-0.2, -0.15) is 13.2 Å². The van der Waals surface area contributed by atoms with Gasteiger partial charge in [-0.1, -0.05) is 0 Å². The number of nitrogens with zero attached hydrogens (tertiary/aromatic N) is 1. The Balaban J connectivity index is 3.56. The number of aromatic hydroxyl groups is 1. The summed E-state index contributed by atoms with van der Waals surface area (Å²) < 4.78 is 67.4. The highest BCUT2D eigenvalue weighted by Gasteiger charge is 2.41. The molecule has 0 radical (unpaired) electrons. The summed E-state index contributed by atoms with van der Waals surface area (Å²) in [7, 11) is 0. The van der Waals surface area contributed by atoms with Gasteiger partial charge in [-0.3, -0.25) is 0 Å². The number of carbonyl (C=O) groups excluding carboxylic acids is 1. The van der Waals surface area contributed by atoms with Crippen LogP contribution in [-0.4, -0.2) is 22.7 Å². The minimum Gasteiger partial charge on any atom is -0.505 e. The first-order valence-corrected chi connectivity index (χ1v) is 4.94. The molecule has 0 aliphatic heterocycles. The average molecular weight is 285 g/mol. The van der Waals surface area contributed by atoms with Crippen molar-refractivity contribution in [3.8, 4) is 5.75 Å². The maximum Gasteiger partial charge on any atom is 0.433 e. The highest BCUT2D eigenvalue weighted by molar-refractivity contribution is 5.94. The van der Waals surface area contributed by atoms with Gasteiger partial charge >= 0.3 is 12.1 Å². The summed E-state index contributed by atoms with van der Waals surface area (Å²) >= 11 is 0. The molecule has 0 bridgehead atoms. The molecule has 1 aromatic rings. The zero-order chi connectivity index (χ0) is 14.8. The van der Waals surface area contributed by atoms with Gasteiger partial charge in [0.1, 0.15) is 11.3 Å². The van der Waals surface area contributed by atoms with Gasteiger partial charge < -0.3 is 9.84 Å². The van der Waals surface area contributed by atoms with Gasteiger partial charge in [-0.15, -0.1) is 0 Å². The van der Waals surface area contributed by atoms with E-state index in [1.165, 1.54) is 6.92 Å². The highest BCUT2D eigenvalue weighted by atomic mass is 19.4. The maximum atomic E-state index is 12.7. The Morgan fingerprint density at radius 2 is 2.05 bits per heavy atom. The number of carbonyl (C=O) groups is 1. The van der Waals surface area contributed by atoms with Gasteiger partial charge in [-0.25, -0.2) is 18.6 Å². The molecule has 0 aromatic carbocycles. The molecular weight excluding hydrogens is 277 g/mol. The third-order valence-electron chi connectivity index (χ3n) is 2.06. The summed E-state index contributed by atoms with van der Waals surface area (Å²) in [5.74, 6) is -2.56. The van der Waals surface area contributed by atoms with E-state index >= 15 is 0 Å². The van der Waals surface area contributed by atoms with E-state index in [1.807, 2.05) is 0 Å². The molecule has 0 spiro atoms. The fraction of sp³-hybridized carbons (Fsp3) is 0.400. The summed E-state index contributed by atoms with van der Waals surface area (Å²) in [6.07, 6.45) is -8.54. The van der Waals surface area contributed by atoms with Crippen molar-refractivity contribution in [1.29, 1.82) is 0 Å². The van der Waals surface area contributed by atoms with Gasteiger partial charge in [0, 0.05) is 0 Å². The van der Waals surface area contributed by atoms with Crippen LogP contribution in [0.4, 0.5) is 22.0 Å². The fourth-order valence-corrected chi connectivity index (χ4v) is 1.37. The second-order valence-corrected chi connectivity index (χ2v) is 3.30. The molecule has 1 N–H and O–H groups in total. The summed E-state index contributed by atoms with van der Waals surface area (Å²) in [4.78, 5) is 14.1. The lowest BCUT2D eigenvalue weighted by molar-refractivity contribution is -0.143. The lowest BCUT2D eigenvalue weighted by atomic mass is 10.1. The minimum absolute atomic E-state index is 0.245. The molecule has 4 nitrogen and oxygen atoms in total. The van der Waals surface area contributed by atoms with Crippen LogP contribution in [-0.2, 0) is 10.9 Å². The quantitative estimate of drug-likeness (QED) is 0.685. The van der Waals surface area contributed by atoms with Gasteiger partial charge in [0.15, 0.2) is 5.69 Å². The number of hydrogen-bond donors (Lipinski definition) is 1. The molecule has 0 fully saturated rings. The molecule has 0 saturated heterocycles. The molecule has 1 rings (SSSR count). The molecule has 1 aromatic heterocycles. The van der Waals surface area contributed by atoms with Crippen molar-refractivity contribution >= 4 is 5.97 Å². The van der Waals surface area contributed by atoms with E-state index in [0.717, 1.165) is 0 Å². The van der Waals surface area contributed by atoms with Crippen LogP contribution in [0, 0.1) is 0 Å². The third kappa shape index (κ3) is 3.09. The average Bonchev–Trinajstić information content (AvgIpc) is 2.26. The third-order valence-corrected chi connectivity index (χ3v) is 2.06. The van der Waals surface area contributed by atoms with Crippen molar-refractivity contribution in [2.24, 2.45) is 0 Å². The molecule has 19 heavy (non-hydrogen) atoms. The standard InChI is InChI=1S/C10H8F5NO3/c1-2-19-9(18)5-4(17)3-16-7(10(13,14)15)6(5)8(11)12/h3,8,17H,2H2,1H3. The highest BCUT2D eigenvalue weighted by Crippen LogP contribution is 2.39. The Labute approximate surface area is 103 Å². The molecule has 0 amide bonds. The van der Waals surface area contributed by atoms with E-state index < -0.39 is 41.1 Å². The minimum atomic E-state index is -5.18. The number of esters is 1. The Bertz CT molecular complexity index is 487. The Morgan fingerprint density at radius 3 is 2.47 bits per heavy atom. The summed E-state index contributed by atoms with van der Waals surface area (Å²) in [5, 5.41) is 9.26. The molecule has 0 unspecified atom stereocenters. The summed E-state index contributed by atoms with van der Waals surface area (Å²) in [6, 6.07) is 0. The molecule has 0 atom stereocenters.